The zero-order valence-electron chi connectivity index (χ0n) is 20.1. The Hall–Kier alpha value is -1.23. The fraction of sp³-hybridized carbons (Fsp3) is 0.750. The van der Waals surface area contributed by atoms with Crippen LogP contribution in [0, 0.1) is 28.6 Å². The van der Waals surface area contributed by atoms with Crippen molar-refractivity contribution >= 4 is 0 Å². The predicted molar refractivity (Wildman–Crippen MR) is 126 cm³/mol. The van der Waals surface area contributed by atoms with E-state index in [1.807, 2.05) is 24.5 Å². The van der Waals surface area contributed by atoms with Gasteiger partial charge in [-0.05, 0) is 79.9 Å². The number of hydrogen-bond acceptors (Lipinski definition) is 4. The van der Waals surface area contributed by atoms with Gasteiger partial charge in [-0.25, -0.2) is 0 Å². The van der Waals surface area contributed by atoms with Crippen molar-refractivity contribution in [3.63, 3.8) is 0 Å². The molecule has 6 atom stereocenters. The molecule has 0 radical (unpaired) electrons. The largest absolute Gasteiger partial charge is 0.377 e. The van der Waals surface area contributed by atoms with Crippen molar-refractivity contribution in [3.8, 4) is 0 Å². The van der Waals surface area contributed by atoms with E-state index in [9.17, 15) is 0 Å². The summed E-state index contributed by atoms with van der Waals surface area (Å²) >= 11 is 0. The first-order valence-corrected chi connectivity index (χ1v) is 12.9. The smallest absolute Gasteiger partial charge is 0.160 e. The van der Waals surface area contributed by atoms with Crippen LogP contribution in [0.25, 0.3) is 0 Å². The summed E-state index contributed by atoms with van der Waals surface area (Å²) in [6.45, 7) is 11.8. The first kappa shape index (κ1) is 22.6. The van der Waals surface area contributed by atoms with Gasteiger partial charge < -0.3 is 14.2 Å². The Morgan fingerprint density at radius 1 is 1.09 bits per heavy atom. The van der Waals surface area contributed by atoms with Crippen LogP contribution in [-0.4, -0.2) is 30.6 Å². The van der Waals surface area contributed by atoms with Crippen LogP contribution >= 0.6 is 0 Å². The highest BCUT2D eigenvalue weighted by Crippen LogP contribution is 2.63. The van der Waals surface area contributed by atoms with Crippen molar-refractivity contribution in [1.29, 1.82) is 0 Å². The van der Waals surface area contributed by atoms with E-state index in [1.165, 1.54) is 49.7 Å². The Balaban J connectivity index is 1.24. The van der Waals surface area contributed by atoms with Gasteiger partial charge in [-0.15, -0.1) is 0 Å². The minimum Gasteiger partial charge on any atom is -0.377 e. The number of rotatable bonds is 6. The summed E-state index contributed by atoms with van der Waals surface area (Å²) < 4.78 is 19.3. The van der Waals surface area contributed by atoms with E-state index in [0.29, 0.717) is 30.5 Å². The molecule has 1 saturated heterocycles. The molecule has 5 rings (SSSR count). The van der Waals surface area contributed by atoms with Crippen LogP contribution in [0.5, 0.6) is 0 Å². The number of hydrogen-bond donors (Lipinski definition) is 0. The molecule has 0 aromatic carbocycles. The molecule has 0 bridgehead atoms. The van der Waals surface area contributed by atoms with E-state index in [1.54, 1.807) is 0 Å². The number of aromatic nitrogens is 1. The highest BCUT2D eigenvalue weighted by Gasteiger charge is 2.60. The summed E-state index contributed by atoms with van der Waals surface area (Å²) in [7, 11) is 0. The molecule has 1 unspecified atom stereocenters. The van der Waals surface area contributed by atoms with Gasteiger partial charge in [0, 0.05) is 30.3 Å². The standard InChI is InChI=1S/C28H41NO3/c1-20-8-9-24-27(2,23(20)13-17-30-18-21-11-15-29-16-12-21)14-10-25-28(24,3)19-31-26(32-25)22-6-4-5-7-22/h11-12,15-16,22-26H,1,4-10,13-14,17-19H2,2-3H3/t23-,24?,25-,26-,27+,28+/m1/s1. The van der Waals surface area contributed by atoms with Crippen molar-refractivity contribution in [3.05, 3.63) is 42.2 Å². The molecule has 4 aliphatic rings. The lowest BCUT2D eigenvalue weighted by molar-refractivity contribution is -0.316. The Kier molecular flexibility index (Phi) is 6.48. The number of pyridine rings is 1. The zero-order chi connectivity index (χ0) is 22.2. The molecule has 176 valence electrons. The molecule has 1 aliphatic heterocycles. The van der Waals surface area contributed by atoms with Gasteiger partial charge in [-0.1, -0.05) is 38.8 Å². The van der Waals surface area contributed by atoms with E-state index in [2.05, 4.69) is 25.4 Å². The molecule has 1 aromatic heterocycles. The summed E-state index contributed by atoms with van der Waals surface area (Å²) in [6, 6.07) is 4.06. The van der Waals surface area contributed by atoms with E-state index in [0.717, 1.165) is 32.5 Å². The molecule has 3 saturated carbocycles. The molecule has 0 amide bonds. The molecular weight excluding hydrogens is 398 g/mol. The molecule has 4 nitrogen and oxygen atoms in total. The van der Waals surface area contributed by atoms with Crippen LogP contribution < -0.4 is 0 Å². The highest BCUT2D eigenvalue weighted by atomic mass is 16.7. The van der Waals surface area contributed by atoms with E-state index < -0.39 is 0 Å². The fourth-order valence-electron chi connectivity index (χ4n) is 7.73. The molecule has 2 heterocycles. The van der Waals surface area contributed by atoms with E-state index in [4.69, 9.17) is 14.2 Å². The first-order valence-electron chi connectivity index (χ1n) is 12.9. The molecule has 32 heavy (non-hydrogen) atoms. The monoisotopic (exact) mass is 439 g/mol. The number of fused-ring (bicyclic) bond motifs is 3. The number of allylic oxidation sites excluding steroid dienone is 1. The first-order chi connectivity index (χ1) is 15.5. The maximum atomic E-state index is 6.71. The van der Waals surface area contributed by atoms with Crippen molar-refractivity contribution in [1.82, 2.24) is 4.98 Å². The predicted octanol–water partition coefficient (Wildman–Crippen LogP) is 6.31. The lowest BCUT2D eigenvalue weighted by Gasteiger charge is -2.63. The number of ether oxygens (including phenoxy) is 3. The summed E-state index contributed by atoms with van der Waals surface area (Å²) in [5, 5.41) is 0. The van der Waals surface area contributed by atoms with Gasteiger partial charge >= 0.3 is 0 Å². The zero-order valence-corrected chi connectivity index (χ0v) is 20.1. The van der Waals surface area contributed by atoms with Gasteiger partial charge in [0.05, 0.1) is 19.3 Å². The lowest BCUT2D eigenvalue weighted by Crippen LogP contribution is -2.62. The minimum atomic E-state index is 0.0378. The molecule has 0 N–H and O–H groups in total. The van der Waals surface area contributed by atoms with Gasteiger partial charge in [-0.3, -0.25) is 4.98 Å². The van der Waals surface area contributed by atoms with Crippen LogP contribution in [0.1, 0.15) is 77.2 Å². The van der Waals surface area contributed by atoms with E-state index >= 15 is 0 Å². The molecule has 4 heteroatoms. The Bertz CT molecular complexity index is 791. The average molecular weight is 440 g/mol. The Labute approximate surface area is 194 Å². The molecule has 0 spiro atoms. The summed E-state index contributed by atoms with van der Waals surface area (Å²) in [5.74, 6) is 1.75. The van der Waals surface area contributed by atoms with Crippen LogP contribution in [0.4, 0.5) is 0 Å². The second-order valence-corrected chi connectivity index (χ2v) is 11.4. The van der Waals surface area contributed by atoms with Crippen molar-refractivity contribution < 1.29 is 14.2 Å². The quantitative estimate of drug-likeness (QED) is 0.385. The van der Waals surface area contributed by atoms with Crippen LogP contribution in [0.3, 0.4) is 0 Å². The topological polar surface area (TPSA) is 40.6 Å². The molecule has 1 aromatic rings. The second kappa shape index (κ2) is 9.19. The van der Waals surface area contributed by atoms with Gasteiger partial charge in [0.25, 0.3) is 0 Å². The van der Waals surface area contributed by atoms with Gasteiger partial charge in [0.2, 0.25) is 0 Å². The number of nitrogens with zero attached hydrogens (tertiary/aromatic N) is 1. The van der Waals surface area contributed by atoms with Crippen LogP contribution in [0.2, 0.25) is 0 Å². The third-order valence-corrected chi connectivity index (χ3v) is 9.53. The van der Waals surface area contributed by atoms with Crippen molar-refractivity contribution in [2.75, 3.05) is 13.2 Å². The molecule has 4 fully saturated rings. The van der Waals surface area contributed by atoms with Crippen molar-refractivity contribution in [2.24, 2.45) is 28.6 Å². The fourth-order valence-corrected chi connectivity index (χ4v) is 7.73. The van der Waals surface area contributed by atoms with Gasteiger partial charge in [-0.2, -0.15) is 0 Å². The van der Waals surface area contributed by atoms with Gasteiger partial charge in [0.15, 0.2) is 6.29 Å². The maximum absolute atomic E-state index is 6.71. The Morgan fingerprint density at radius 2 is 1.88 bits per heavy atom. The van der Waals surface area contributed by atoms with Crippen LogP contribution in [0.15, 0.2) is 36.7 Å². The second-order valence-electron chi connectivity index (χ2n) is 11.4. The summed E-state index contributed by atoms with van der Waals surface area (Å²) in [5.41, 5.74) is 2.99. The lowest BCUT2D eigenvalue weighted by atomic mass is 9.46. The molecule has 3 aliphatic carbocycles. The molecular formula is C28H41NO3. The van der Waals surface area contributed by atoms with Crippen molar-refractivity contribution in [2.45, 2.75) is 90.6 Å². The maximum Gasteiger partial charge on any atom is 0.160 e. The SMILES string of the molecule is C=C1CCC2[C@]3(C)CO[C@@H](C4CCCC4)O[C@@H]3CC[C@@]2(C)[C@@H]1CCOCc1ccncc1. The minimum absolute atomic E-state index is 0.0378. The third-order valence-electron chi connectivity index (χ3n) is 9.53. The summed E-state index contributed by atoms with van der Waals surface area (Å²) in [4.78, 5) is 4.09. The van der Waals surface area contributed by atoms with E-state index in [-0.39, 0.29) is 17.1 Å². The third kappa shape index (κ3) is 4.08. The summed E-state index contributed by atoms with van der Waals surface area (Å²) in [6.07, 6.45) is 15.0. The highest BCUT2D eigenvalue weighted by molar-refractivity contribution is 5.18. The van der Waals surface area contributed by atoms with Crippen LogP contribution in [-0.2, 0) is 20.8 Å². The normalized spacial score (nSPS) is 40.1. The average Bonchev–Trinajstić information content (AvgIpc) is 3.33. The van der Waals surface area contributed by atoms with Gasteiger partial charge in [0.1, 0.15) is 0 Å². The Morgan fingerprint density at radius 3 is 2.66 bits per heavy atom.